The van der Waals surface area contributed by atoms with Gasteiger partial charge in [-0.25, -0.2) is 9.48 Å². The Morgan fingerprint density at radius 1 is 1.40 bits per heavy atom. The molecule has 20 heavy (non-hydrogen) atoms. The van der Waals surface area contributed by atoms with Gasteiger partial charge in [0.05, 0.1) is 6.20 Å². The lowest BCUT2D eigenvalue weighted by Gasteiger charge is -2.13. The van der Waals surface area contributed by atoms with Crippen molar-refractivity contribution < 1.29 is 19.1 Å². The molecule has 0 fully saturated rings. The maximum absolute atomic E-state index is 11.6. The van der Waals surface area contributed by atoms with E-state index < -0.39 is 24.3 Å². The number of carbonyl (C=O) groups excluding carboxylic acids is 2. The van der Waals surface area contributed by atoms with Crippen LogP contribution in [0.3, 0.4) is 0 Å². The van der Waals surface area contributed by atoms with Gasteiger partial charge in [-0.1, -0.05) is 5.21 Å². The first-order valence-corrected chi connectivity index (χ1v) is 6.24. The summed E-state index contributed by atoms with van der Waals surface area (Å²) in [7, 11) is 0. The van der Waals surface area contributed by atoms with Crippen LogP contribution in [0.4, 0.5) is 4.79 Å². The van der Waals surface area contributed by atoms with E-state index in [1.54, 1.807) is 6.92 Å². The zero-order valence-electron chi connectivity index (χ0n) is 11.7. The minimum Gasteiger partial charge on any atom is -0.351 e. The number of primary amides is 1. The molecule has 9 nitrogen and oxygen atoms in total. The molecule has 0 aromatic carbocycles. The minimum atomic E-state index is -0.913. The van der Waals surface area contributed by atoms with Gasteiger partial charge in [0.25, 0.3) is 5.91 Å². The van der Waals surface area contributed by atoms with Gasteiger partial charge < -0.3 is 15.2 Å². The minimum absolute atomic E-state index is 0.451. The van der Waals surface area contributed by atoms with E-state index in [0.717, 1.165) is 0 Å². The zero-order valence-corrected chi connectivity index (χ0v) is 11.7. The van der Waals surface area contributed by atoms with Gasteiger partial charge in [0.15, 0.2) is 0 Å². The molecule has 0 aliphatic heterocycles. The number of ether oxygens (including phenoxy) is 2. The SMILES string of the molecule is CCOC(OCC)c1cn(C(C)C(=O)NC(N)=O)nn1. The number of rotatable bonds is 7. The smallest absolute Gasteiger partial charge is 0.318 e. The van der Waals surface area contributed by atoms with Gasteiger partial charge in [-0.3, -0.25) is 10.1 Å². The summed E-state index contributed by atoms with van der Waals surface area (Å²) in [6.45, 7) is 6.14. The molecule has 0 saturated carbocycles. The van der Waals surface area contributed by atoms with Crippen molar-refractivity contribution in [1.82, 2.24) is 20.3 Å². The molecule has 1 aromatic rings. The first-order valence-electron chi connectivity index (χ1n) is 6.24. The second-order valence-electron chi connectivity index (χ2n) is 3.90. The molecule has 0 radical (unpaired) electrons. The predicted molar refractivity (Wildman–Crippen MR) is 68.5 cm³/mol. The average Bonchev–Trinajstić information content (AvgIpc) is 2.86. The largest absolute Gasteiger partial charge is 0.351 e. The molecule has 3 N–H and O–H groups in total. The molecule has 0 spiro atoms. The Morgan fingerprint density at radius 2 is 2.00 bits per heavy atom. The number of amides is 3. The Morgan fingerprint density at radius 3 is 2.50 bits per heavy atom. The summed E-state index contributed by atoms with van der Waals surface area (Å²) >= 11 is 0. The number of aromatic nitrogens is 3. The molecule has 1 unspecified atom stereocenters. The fourth-order valence-electron chi connectivity index (χ4n) is 1.46. The average molecular weight is 285 g/mol. The van der Waals surface area contributed by atoms with E-state index in [0.29, 0.717) is 18.9 Å². The van der Waals surface area contributed by atoms with E-state index in [4.69, 9.17) is 15.2 Å². The Kier molecular flexibility index (Phi) is 6.07. The normalized spacial score (nSPS) is 12.4. The lowest BCUT2D eigenvalue weighted by atomic mass is 10.3. The summed E-state index contributed by atoms with van der Waals surface area (Å²) < 4.78 is 12.1. The van der Waals surface area contributed by atoms with Crippen LogP contribution in [0.1, 0.15) is 38.8 Å². The molecule has 0 aliphatic carbocycles. The molecule has 1 aromatic heterocycles. The summed E-state index contributed by atoms with van der Waals surface area (Å²) in [5.74, 6) is -0.571. The molecule has 0 aliphatic rings. The number of hydrogen-bond donors (Lipinski definition) is 2. The highest BCUT2D eigenvalue weighted by Crippen LogP contribution is 2.17. The van der Waals surface area contributed by atoms with Gasteiger partial charge in [-0.2, -0.15) is 0 Å². The summed E-state index contributed by atoms with van der Waals surface area (Å²) in [5, 5.41) is 9.71. The Balaban J connectivity index is 2.79. The van der Waals surface area contributed by atoms with Crippen LogP contribution < -0.4 is 11.1 Å². The molecule has 112 valence electrons. The van der Waals surface area contributed by atoms with E-state index in [9.17, 15) is 9.59 Å². The number of carbonyl (C=O) groups is 2. The van der Waals surface area contributed by atoms with Crippen molar-refractivity contribution in [1.29, 1.82) is 0 Å². The molecule has 1 atom stereocenters. The topological polar surface area (TPSA) is 121 Å². The van der Waals surface area contributed by atoms with Crippen molar-refractivity contribution in [3.05, 3.63) is 11.9 Å². The molecule has 0 saturated heterocycles. The van der Waals surface area contributed by atoms with Crippen molar-refractivity contribution >= 4 is 11.9 Å². The van der Waals surface area contributed by atoms with E-state index in [-0.39, 0.29) is 0 Å². The molecule has 9 heteroatoms. The highest BCUT2D eigenvalue weighted by Gasteiger charge is 2.21. The van der Waals surface area contributed by atoms with E-state index in [1.807, 2.05) is 19.2 Å². The molecular formula is C11H19N5O4. The van der Waals surface area contributed by atoms with E-state index in [1.165, 1.54) is 10.9 Å². The van der Waals surface area contributed by atoms with Crippen molar-refractivity contribution in [2.24, 2.45) is 5.73 Å². The van der Waals surface area contributed by atoms with Crippen molar-refractivity contribution in [3.8, 4) is 0 Å². The van der Waals surface area contributed by atoms with Crippen LogP contribution >= 0.6 is 0 Å². The Bertz CT molecular complexity index is 455. The lowest BCUT2D eigenvalue weighted by molar-refractivity contribution is -0.142. The maximum atomic E-state index is 11.6. The Labute approximate surface area is 116 Å². The summed E-state index contributed by atoms with van der Waals surface area (Å²) in [6, 6.07) is -1.64. The van der Waals surface area contributed by atoms with Crippen LogP contribution in [0.5, 0.6) is 0 Å². The number of hydrogen-bond acceptors (Lipinski definition) is 6. The highest BCUT2D eigenvalue weighted by atomic mass is 16.7. The van der Waals surface area contributed by atoms with Gasteiger partial charge in [0.1, 0.15) is 11.7 Å². The van der Waals surface area contributed by atoms with E-state index >= 15 is 0 Å². The van der Waals surface area contributed by atoms with Crippen LogP contribution in [0, 0.1) is 0 Å². The van der Waals surface area contributed by atoms with Gasteiger partial charge in [0.2, 0.25) is 6.29 Å². The zero-order chi connectivity index (χ0) is 15.1. The standard InChI is InChI=1S/C11H19N5O4/c1-4-19-10(20-5-2)8-6-16(15-14-8)7(3)9(17)13-11(12)18/h6-7,10H,4-5H2,1-3H3,(H3,12,13,17,18). The summed E-state index contributed by atoms with van der Waals surface area (Å²) in [5.41, 5.74) is 5.34. The van der Waals surface area contributed by atoms with Crippen molar-refractivity contribution in [2.45, 2.75) is 33.1 Å². The monoisotopic (exact) mass is 285 g/mol. The predicted octanol–water partition coefficient (Wildman–Crippen LogP) is 0.106. The first kappa shape index (κ1) is 16.1. The summed E-state index contributed by atoms with van der Waals surface area (Å²) in [4.78, 5) is 22.3. The van der Waals surface area contributed by atoms with Crippen molar-refractivity contribution in [2.75, 3.05) is 13.2 Å². The fraction of sp³-hybridized carbons (Fsp3) is 0.636. The van der Waals surface area contributed by atoms with Gasteiger partial charge in [0, 0.05) is 13.2 Å². The van der Waals surface area contributed by atoms with Crippen LogP contribution in [0.25, 0.3) is 0 Å². The number of imide groups is 1. The van der Waals surface area contributed by atoms with Crippen LogP contribution in [0.2, 0.25) is 0 Å². The number of nitrogens with zero attached hydrogens (tertiary/aromatic N) is 3. The third-order valence-corrected chi connectivity index (χ3v) is 2.43. The lowest BCUT2D eigenvalue weighted by Crippen LogP contribution is -2.39. The Hall–Kier alpha value is -2.00. The van der Waals surface area contributed by atoms with Crippen LogP contribution in [-0.2, 0) is 14.3 Å². The molecular weight excluding hydrogens is 266 g/mol. The third-order valence-electron chi connectivity index (χ3n) is 2.43. The van der Waals surface area contributed by atoms with Crippen LogP contribution in [-0.4, -0.2) is 40.1 Å². The second kappa shape index (κ2) is 7.56. The molecule has 1 rings (SSSR count). The fourth-order valence-corrected chi connectivity index (χ4v) is 1.46. The van der Waals surface area contributed by atoms with Crippen LogP contribution in [0.15, 0.2) is 6.20 Å². The number of nitrogens with two attached hydrogens (primary N) is 1. The van der Waals surface area contributed by atoms with Gasteiger partial charge >= 0.3 is 6.03 Å². The molecule has 3 amide bonds. The maximum Gasteiger partial charge on any atom is 0.318 e. The highest BCUT2D eigenvalue weighted by molar-refractivity contribution is 5.95. The molecule has 1 heterocycles. The molecule has 0 bridgehead atoms. The van der Waals surface area contributed by atoms with E-state index in [2.05, 4.69) is 10.3 Å². The first-order chi connectivity index (χ1) is 9.49. The van der Waals surface area contributed by atoms with Crippen molar-refractivity contribution in [3.63, 3.8) is 0 Å². The number of nitrogens with one attached hydrogen (secondary N) is 1. The second-order valence-corrected chi connectivity index (χ2v) is 3.90. The quantitative estimate of drug-likeness (QED) is 0.685. The number of urea groups is 1. The summed E-state index contributed by atoms with van der Waals surface area (Å²) in [6.07, 6.45) is 0.895. The van der Waals surface area contributed by atoms with Gasteiger partial charge in [-0.05, 0) is 20.8 Å². The third kappa shape index (κ3) is 4.28. The van der Waals surface area contributed by atoms with Gasteiger partial charge in [-0.15, -0.1) is 5.10 Å².